The molecule has 1 radical (unpaired) electrons. The van der Waals surface area contributed by atoms with Gasteiger partial charge in [-0.25, -0.2) is 0 Å². The molecule has 0 aromatic rings. The lowest BCUT2D eigenvalue weighted by Crippen LogP contribution is -2.36. The van der Waals surface area contributed by atoms with Gasteiger partial charge in [0.15, 0.2) is 0 Å². The van der Waals surface area contributed by atoms with Gasteiger partial charge >= 0.3 is 5.97 Å². The summed E-state index contributed by atoms with van der Waals surface area (Å²) in [6, 6.07) is 0. The number of carbonyl (C=O) groups is 1. The van der Waals surface area contributed by atoms with Crippen molar-refractivity contribution in [3.63, 3.8) is 0 Å². The van der Waals surface area contributed by atoms with Crippen molar-refractivity contribution in [1.82, 2.24) is 0 Å². The van der Waals surface area contributed by atoms with Gasteiger partial charge in [-0.2, -0.15) is 0 Å². The van der Waals surface area contributed by atoms with Gasteiger partial charge in [-0.1, -0.05) is 13.8 Å². The summed E-state index contributed by atoms with van der Waals surface area (Å²) in [6.45, 7) is 7.93. The number of rotatable bonds is 2. The lowest BCUT2D eigenvalue weighted by molar-refractivity contribution is -0.159. The largest absolute Gasteiger partial charge is 0.460 e. The minimum Gasteiger partial charge on any atom is -0.460 e. The Bertz CT molecular complexity index is 200. The molecular formula is C12H21O2. The van der Waals surface area contributed by atoms with E-state index in [1.54, 1.807) is 0 Å². The van der Waals surface area contributed by atoms with Gasteiger partial charge in [0.2, 0.25) is 0 Å². The molecule has 0 amide bonds. The highest BCUT2D eigenvalue weighted by molar-refractivity contribution is 5.66. The fourth-order valence-electron chi connectivity index (χ4n) is 2.25. The average Bonchev–Trinajstić information content (AvgIpc) is 2.02. The molecule has 14 heavy (non-hydrogen) atoms. The van der Waals surface area contributed by atoms with Crippen molar-refractivity contribution in [2.75, 3.05) is 0 Å². The van der Waals surface area contributed by atoms with Gasteiger partial charge in [0.1, 0.15) is 5.60 Å². The first-order valence-corrected chi connectivity index (χ1v) is 5.42. The molecule has 1 aliphatic carbocycles. The summed E-state index contributed by atoms with van der Waals surface area (Å²) in [6.07, 6.45) is 4.32. The van der Waals surface area contributed by atoms with Crippen molar-refractivity contribution in [3.8, 4) is 0 Å². The maximum atomic E-state index is 10.9. The summed E-state index contributed by atoms with van der Waals surface area (Å²) in [5.74, 6) is 2.09. The molecule has 0 N–H and O–H groups in total. The molecule has 0 heterocycles. The highest BCUT2D eigenvalue weighted by atomic mass is 16.6. The predicted octanol–water partition coefficient (Wildman–Crippen LogP) is 3.11. The molecule has 0 unspecified atom stereocenters. The second-order valence-electron chi connectivity index (χ2n) is 4.90. The molecule has 0 saturated heterocycles. The number of ether oxygens (including phenoxy) is 1. The molecule has 0 bridgehead atoms. The first kappa shape index (κ1) is 11.5. The van der Waals surface area contributed by atoms with Crippen LogP contribution in [0.3, 0.4) is 0 Å². The third kappa shape index (κ3) is 3.00. The van der Waals surface area contributed by atoms with Crippen LogP contribution in [-0.2, 0) is 9.53 Å². The number of hydrogen-bond acceptors (Lipinski definition) is 2. The quantitative estimate of drug-likeness (QED) is 0.636. The van der Waals surface area contributed by atoms with E-state index in [0.29, 0.717) is 0 Å². The normalized spacial score (nSPS) is 33.1. The van der Waals surface area contributed by atoms with Crippen LogP contribution in [0.1, 0.15) is 53.4 Å². The highest BCUT2D eigenvalue weighted by Gasteiger charge is 2.34. The van der Waals surface area contributed by atoms with Crippen molar-refractivity contribution in [1.29, 1.82) is 0 Å². The minimum atomic E-state index is -0.197. The Kier molecular flexibility index (Phi) is 3.57. The molecule has 0 spiro atoms. The Morgan fingerprint density at radius 3 is 2.07 bits per heavy atom. The Labute approximate surface area is 87.0 Å². The molecule has 1 rings (SSSR count). The van der Waals surface area contributed by atoms with Gasteiger partial charge in [0.05, 0.1) is 0 Å². The van der Waals surface area contributed by atoms with E-state index >= 15 is 0 Å². The summed E-state index contributed by atoms with van der Waals surface area (Å²) < 4.78 is 5.36. The fourth-order valence-corrected chi connectivity index (χ4v) is 2.25. The molecule has 0 aromatic heterocycles. The summed E-state index contributed by atoms with van der Waals surface area (Å²) in [4.78, 5) is 10.9. The van der Waals surface area contributed by atoms with Gasteiger partial charge in [0.25, 0.3) is 0 Å². The van der Waals surface area contributed by atoms with Gasteiger partial charge < -0.3 is 4.74 Å². The maximum absolute atomic E-state index is 10.9. The van der Waals surface area contributed by atoms with E-state index in [1.807, 2.05) is 0 Å². The van der Waals surface area contributed by atoms with Crippen LogP contribution in [0.2, 0.25) is 0 Å². The monoisotopic (exact) mass is 197 g/mol. The van der Waals surface area contributed by atoms with Crippen LogP contribution in [0.15, 0.2) is 0 Å². The van der Waals surface area contributed by atoms with Crippen molar-refractivity contribution >= 4 is 5.97 Å². The van der Waals surface area contributed by atoms with Gasteiger partial charge in [-0.15, -0.1) is 0 Å². The van der Waals surface area contributed by atoms with Gasteiger partial charge in [0, 0.05) is 6.92 Å². The highest BCUT2D eigenvalue weighted by Crippen LogP contribution is 2.38. The van der Waals surface area contributed by atoms with Crippen molar-refractivity contribution in [2.45, 2.75) is 59.0 Å². The lowest BCUT2D eigenvalue weighted by Gasteiger charge is -2.37. The standard InChI is InChI=1S/C12H21O2/c1-9(2)11-5-7-12(4,8-6-11)14-10(3)13/h11H,5-8H2,1-4H3. The topological polar surface area (TPSA) is 26.3 Å². The van der Waals surface area contributed by atoms with Gasteiger partial charge in [-0.3, -0.25) is 4.79 Å². The van der Waals surface area contributed by atoms with Crippen LogP contribution < -0.4 is 0 Å². The summed E-state index contributed by atoms with van der Waals surface area (Å²) >= 11 is 0. The van der Waals surface area contributed by atoms with Crippen molar-refractivity contribution in [2.24, 2.45) is 5.92 Å². The zero-order valence-corrected chi connectivity index (χ0v) is 9.72. The summed E-state index contributed by atoms with van der Waals surface area (Å²) in [7, 11) is 0. The minimum absolute atomic E-state index is 0.150. The third-order valence-corrected chi connectivity index (χ3v) is 3.25. The smallest absolute Gasteiger partial charge is 0.303 e. The molecule has 1 fully saturated rings. The van der Waals surface area contributed by atoms with E-state index in [4.69, 9.17) is 4.74 Å². The van der Waals surface area contributed by atoms with E-state index in [2.05, 4.69) is 20.8 Å². The number of esters is 1. The van der Waals surface area contributed by atoms with Crippen molar-refractivity contribution in [3.05, 3.63) is 5.92 Å². The molecule has 2 nitrogen and oxygen atoms in total. The van der Waals surface area contributed by atoms with Gasteiger partial charge in [-0.05, 0) is 44.4 Å². The van der Waals surface area contributed by atoms with E-state index in [1.165, 1.54) is 12.8 Å². The van der Waals surface area contributed by atoms with E-state index in [9.17, 15) is 4.79 Å². The first-order valence-electron chi connectivity index (χ1n) is 5.42. The molecule has 2 heteroatoms. The molecule has 81 valence electrons. The lowest BCUT2D eigenvalue weighted by atomic mass is 9.75. The van der Waals surface area contributed by atoms with Crippen LogP contribution >= 0.6 is 0 Å². The Morgan fingerprint density at radius 2 is 1.71 bits per heavy atom. The predicted molar refractivity (Wildman–Crippen MR) is 56.7 cm³/mol. The molecule has 0 aromatic carbocycles. The Hall–Kier alpha value is -0.530. The van der Waals surface area contributed by atoms with E-state index in [0.717, 1.165) is 31.6 Å². The van der Waals surface area contributed by atoms with Crippen LogP contribution in [0.5, 0.6) is 0 Å². The maximum Gasteiger partial charge on any atom is 0.303 e. The van der Waals surface area contributed by atoms with Crippen LogP contribution in [0, 0.1) is 11.8 Å². The van der Waals surface area contributed by atoms with Crippen LogP contribution in [0.4, 0.5) is 0 Å². The fraction of sp³-hybridized carbons (Fsp3) is 0.833. The van der Waals surface area contributed by atoms with Crippen LogP contribution in [0.25, 0.3) is 0 Å². The average molecular weight is 197 g/mol. The zero-order chi connectivity index (χ0) is 10.8. The first-order chi connectivity index (χ1) is 6.43. The van der Waals surface area contributed by atoms with Crippen molar-refractivity contribution < 1.29 is 9.53 Å². The van der Waals surface area contributed by atoms with Crippen LogP contribution in [-0.4, -0.2) is 11.6 Å². The Morgan fingerprint density at radius 1 is 1.21 bits per heavy atom. The molecule has 1 aliphatic rings. The summed E-state index contributed by atoms with van der Waals surface area (Å²) in [5, 5.41) is 0. The second-order valence-corrected chi connectivity index (χ2v) is 4.90. The molecule has 0 atom stereocenters. The molecule has 1 saturated carbocycles. The Balaban J connectivity index is 2.44. The second kappa shape index (κ2) is 4.33. The zero-order valence-electron chi connectivity index (χ0n) is 9.72. The van der Waals surface area contributed by atoms with E-state index in [-0.39, 0.29) is 11.6 Å². The van der Waals surface area contributed by atoms with E-state index < -0.39 is 0 Å². The number of carbonyl (C=O) groups excluding carboxylic acids is 1. The molecular weight excluding hydrogens is 176 g/mol. The third-order valence-electron chi connectivity index (χ3n) is 3.25. The molecule has 0 aliphatic heterocycles. The summed E-state index contributed by atoms with van der Waals surface area (Å²) in [5.41, 5.74) is -0.197. The number of hydrogen-bond donors (Lipinski definition) is 0. The SMILES string of the molecule is C[C](C)C1CCC(C)(OC(C)=O)CC1.